The minimum absolute atomic E-state index is 0.119. The summed E-state index contributed by atoms with van der Waals surface area (Å²) in [7, 11) is 0. The number of carbonyl (C=O) groups excluding carboxylic acids is 2. The van der Waals surface area contributed by atoms with E-state index in [0.717, 1.165) is 0 Å². The highest BCUT2D eigenvalue weighted by Crippen LogP contribution is 2.25. The molecule has 31 heavy (non-hydrogen) atoms. The normalized spacial score (nSPS) is 10.5. The molecule has 154 valence electrons. The average Bonchev–Trinajstić information content (AvgIpc) is 3.23. The summed E-state index contributed by atoms with van der Waals surface area (Å²) < 4.78 is 13.1. The average molecular weight is 416 g/mol. The highest BCUT2D eigenvalue weighted by molar-refractivity contribution is 6.06. The molecule has 0 atom stereocenters. The molecule has 2 N–H and O–H groups in total. The molecule has 0 saturated carbocycles. The highest BCUT2D eigenvalue weighted by atomic mass is 19.1. The van der Waals surface area contributed by atoms with Gasteiger partial charge in [0.25, 0.3) is 5.91 Å². The molecule has 3 aromatic carbocycles. The van der Waals surface area contributed by atoms with Crippen molar-refractivity contribution in [3.05, 3.63) is 90.2 Å². The topological polar surface area (TPSA) is 102 Å². The fourth-order valence-corrected chi connectivity index (χ4v) is 2.85. The Labute approximate surface area is 176 Å². The highest BCUT2D eigenvalue weighted by Gasteiger charge is 2.15. The lowest BCUT2D eigenvalue weighted by molar-refractivity contribution is -0.117. The molecule has 1 aromatic heterocycles. The Bertz CT molecular complexity index is 1210. The third-order valence-electron chi connectivity index (χ3n) is 4.32. The van der Waals surface area contributed by atoms with E-state index >= 15 is 0 Å². The lowest BCUT2D eigenvalue weighted by Gasteiger charge is -2.08. The van der Waals surface area contributed by atoms with Crippen LogP contribution >= 0.6 is 0 Å². The van der Waals surface area contributed by atoms with Crippen LogP contribution in [0.3, 0.4) is 0 Å². The van der Waals surface area contributed by atoms with Crippen molar-refractivity contribution in [1.82, 2.24) is 20.2 Å². The zero-order chi connectivity index (χ0) is 21.6. The van der Waals surface area contributed by atoms with Gasteiger partial charge in [-0.15, -0.1) is 10.2 Å². The number of rotatable bonds is 6. The molecule has 0 aliphatic rings. The van der Waals surface area contributed by atoms with Gasteiger partial charge < -0.3 is 10.6 Å². The maximum atomic E-state index is 13.1. The van der Waals surface area contributed by atoms with Crippen LogP contribution in [0.25, 0.3) is 11.4 Å². The number of carbonyl (C=O) groups is 2. The van der Waals surface area contributed by atoms with Crippen LogP contribution in [0, 0.1) is 5.82 Å². The standard InChI is InChI=1S/C22H17FN6O2/c23-16-12-10-15(11-13-16)22(31)25-19-9-5-4-8-18(19)21-26-28-29(27-21)14-20(30)24-17-6-2-1-3-7-17/h1-13H,14H2,(H,24,30)(H,25,31). The van der Waals surface area contributed by atoms with Crippen molar-refractivity contribution in [3.8, 4) is 11.4 Å². The summed E-state index contributed by atoms with van der Waals surface area (Å²) in [6.45, 7) is -0.119. The number of halogens is 1. The van der Waals surface area contributed by atoms with Gasteiger partial charge in [0.15, 0.2) is 0 Å². The Balaban J connectivity index is 1.48. The van der Waals surface area contributed by atoms with Crippen LogP contribution in [0.5, 0.6) is 0 Å². The van der Waals surface area contributed by atoms with Gasteiger partial charge in [-0.1, -0.05) is 30.3 Å². The van der Waals surface area contributed by atoms with Crippen molar-refractivity contribution >= 4 is 23.2 Å². The lowest BCUT2D eigenvalue weighted by Crippen LogP contribution is -2.20. The Morgan fingerprint density at radius 2 is 1.58 bits per heavy atom. The van der Waals surface area contributed by atoms with E-state index in [1.54, 1.807) is 36.4 Å². The van der Waals surface area contributed by atoms with Crippen LogP contribution in [0.4, 0.5) is 15.8 Å². The monoisotopic (exact) mass is 416 g/mol. The summed E-state index contributed by atoms with van der Waals surface area (Å²) in [6.07, 6.45) is 0. The van der Waals surface area contributed by atoms with E-state index in [-0.39, 0.29) is 18.3 Å². The van der Waals surface area contributed by atoms with Gasteiger partial charge in [0.2, 0.25) is 11.7 Å². The molecular formula is C22H17FN6O2. The summed E-state index contributed by atoms with van der Waals surface area (Å²) in [5.41, 5.74) is 1.98. The first-order valence-electron chi connectivity index (χ1n) is 9.37. The Morgan fingerprint density at radius 3 is 2.35 bits per heavy atom. The zero-order valence-electron chi connectivity index (χ0n) is 16.2. The van der Waals surface area contributed by atoms with Crippen LogP contribution < -0.4 is 10.6 Å². The van der Waals surface area contributed by atoms with Crippen LogP contribution in [0.1, 0.15) is 10.4 Å². The molecule has 1 heterocycles. The van der Waals surface area contributed by atoms with Gasteiger partial charge in [-0.25, -0.2) is 4.39 Å². The lowest BCUT2D eigenvalue weighted by atomic mass is 10.1. The van der Waals surface area contributed by atoms with E-state index in [2.05, 4.69) is 26.0 Å². The summed E-state index contributed by atoms with van der Waals surface area (Å²) in [5, 5.41) is 17.7. The Hall–Kier alpha value is -4.40. The van der Waals surface area contributed by atoms with Crippen molar-refractivity contribution in [2.75, 3.05) is 10.6 Å². The van der Waals surface area contributed by atoms with Gasteiger partial charge in [0.1, 0.15) is 12.4 Å². The maximum Gasteiger partial charge on any atom is 0.255 e. The summed E-state index contributed by atoms with van der Waals surface area (Å²) in [5.74, 6) is -0.869. The first kappa shape index (κ1) is 19.9. The molecule has 8 nitrogen and oxygen atoms in total. The van der Waals surface area contributed by atoms with Crippen LogP contribution in [-0.2, 0) is 11.3 Å². The molecule has 9 heteroatoms. The number of para-hydroxylation sites is 2. The van der Waals surface area contributed by atoms with E-state index in [0.29, 0.717) is 22.5 Å². The van der Waals surface area contributed by atoms with Gasteiger partial charge >= 0.3 is 0 Å². The van der Waals surface area contributed by atoms with E-state index in [9.17, 15) is 14.0 Å². The Kier molecular flexibility index (Phi) is 5.75. The maximum absolute atomic E-state index is 13.1. The van der Waals surface area contributed by atoms with Crippen LogP contribution in [-0.4, -0.2) is 32.0 Å². The molecule has 4 rings (SSSR count). The van der Waals surface area contributed by atoms with Crippen molar-refractivity contribution < 1.29 is 14.0 Å². The third-order valence-corrected chi connectivity index (χ3v) is 4.32. The quantitative estimate of drug-likeness (QED) is 0.502. The van der Waals surface area contributed by atoms with Crippen molar-refractivity contribution in [1.29, 1.82) is 0 Å². The minimum Gasteiger partial charge on any atom is -0.324 e. The molecule has 0 aliphatic heterocycles. The van der Waals surface area contributed by atoms with Crippen LogP contribution in [0.2, 0.25) is 0 Å². The molecular weight excluding hydrogens is 399 g/mol. The van der Waals surface area contributed by atoms with Crippen molar-refractivity contribution in [2.45, 2.75) is 6.54 Å². The molecule has 4 aromatic rings. The number of benzene rings is 3. The first-order chi connectivity index (χ1) is 15.1. The molecule has 0 aliphatic carbocycles. The number of nitrogens with one attached hydrogen (secondary N) is 2. The predicted molar refractivity (Wildman–Crippen MR) is 113 cm³/mol. The number of hydrogen-bond donors (Lipinski definition) is 2. The molecule has 0 bridgehead atoms. The zero-order valence-corrected chi connectivity index (χ0v) is 16.2. The number of aromatic nitrogens is 4. The smallest absolute Gasteiger partial charge is 0.255 e. The summed E-state index contributed by atoms with van der Waals surface area (Å²) in [4.78, 5) is 25.9. The number of anilines is 2. The molecule has 0 spiro atoms. The van der Waals surface area contributed by atoms with Gasteiger partial charge in [0, 0.05) is 16.8 Å². The van der Waals surface area contributed by atoms with Crippen molar-refractivity contribution in [2.24, 2.45) is 0 Å². The van der Waals surface area contributed by atoms with E-state index in [4.69, 9.17) is 0 Å². The molecule has 0 saturated heterocycles. The first-order valence-corrected chi connectivity index (χ1v) is 9.37. The number of tetrazole rings is 1. The second kappa shape index (κ2) is 8.95. The van der Waals surface area contributed by atoms with Gasteiger partial charge in [-0.3, -0.25) is 9.59 Å². The fourth-order valence-electron chi connectivity index (χ4n) is 2.85. The van der Waals surface area contributed by atoms with Gasteiger partial charge in [-0.2, -0.15) is 4.80 Å². The molecule has 0 unspecified atom stereocenters. The number of hydrogen-bond acceptors (Lipinski definition) is 5. The summed E-state index contributed by atoms with van der Waals surface area (Å²) >= 11 is 0. The second-order valence-corrected chi connectivity index (χ2v) is 6.56. The SMILES string of the molecule is O=C(Cn1nnc(-c2ccccc2NC(=O)c2ccc(F)cc2)n1)Nc1ccccc1. The van der Waals surface area contributed by atoms with E-state index in [1.165, 1.54) is 29.1 Å². The largest absolute Gasteiger partial charge is 0.324 e. The van der Waals surface area contributed by atoms with Crippen molar-refractivity contribution in [3.63, 3.8) is 0 Å². The molecule has 0 fully saturated rings. The minimum atomic E-state index is -0.422. The van der Waals surface area contributed by atoms with E-state index < -0.39 is 11.7 Å². The fraction of sp³-hybridized carbons (Fsp3) is 0.0455. The van der Waals surface area contributed by atoms with E-state index in [1.807, 2.05) is 18.2 Å². The number of amides is 2. The molecule has 0 radical (unpaired) electrons. The van der Waals surface area contributed by atoms with Gasteiger partial charge in [-0.05, 0) is 53.7 Å². The number of nitrogens with zero attached hydrogens (tertiary/aromatic N) is 4. The Morgan fingerprint density at radius 1 is 0.871 bits per heavy atom. The predicted octanol–water partition coefficient (Wildman–Crippen LogP) is 3.37. The summed E-state index contributed by atoms with van der Waals surface area (Å²) in [6, 6.07) is 21.2. The van der Waals surface area contributed by atoms with Crippen LogP contribution in [0.15, 0.2) is 78.9 Å². The van der Waals surface area contributed by atoms with Gasteiger partial charge in [0.05, 0.1) is 5.69 Å². The molecule has 2 amide bonds. The second-order valence-electron chi connectivity index (χ2n) is 6.56. The third kappa shape index (κ3) is 4.96.